The third-order valence-electron chi connectivity index (χ3n) is 7.83. The third-order valence-corrected chi connectivity index (χ3v) is 9.90. The average Bonchev–Trinajstić information content (AvgIpc) is 3.64. The smallest absolute Gasteiger partial charge is 0.352 e. The molecule has 1 aromatic carbocycles. The van der Waals surface area contributed by atoms with Crippen LogP contribution in [0.2, 0.25) is 0 Å². The minimum atomic E-state index is -1.23. The minimum absolute atomic E-state index is 0.0513. The molecule has 3 aromatic heterocycles. The van der Waals surface area contributed by atoms with E-state index < -0.39 is 34.8 Å². The summed E-state index contributed by atoms with van der Waals surface area (Å²) in [5, 5.41) is 23.7. The number of amides is 1. The fourth-order valence-corrected chi connectivity index (χ4v) is 7.57. The summed E-state index contributed by atoms with van der Waals surface area (Å²) < 4.78 is 18.5. The van der Waals surface area contributed by atoms with E-state index in [1.807, 2.05) is 39.9 Å². The molecule has 0 saturated carbocycles. The van der Waals surface area contributed by atoms with Gasteiger partial charge in [-0.1, -0.05) is 17.3 Å². The number of thioether (sulfide) groups is 1. The van der Waals surface area contributed by atoms with E-state index in [4.69, 9.17) is 21.7 Å². The summed E-state index contributed by atoms with van der Waals surface area (Å²) in [5.74, 6) is -3.23. The molecule has 0 spiro atoms. The number of nitrogens with zero attached hydrogens (tertiary/aromatic N) is 5. The normalized spacial score (nSPS) is 18.0. The molecular weight excluding hydrogens is 636 g/mol. The van der Waals surface area contributed by atoms with Crippen LogP contribution in [0.15, 0.2) is 70.7 Å². The Bertz CT molecular complexity index is 1990. The zero-order valence-corrected chi connectivity index (χ0v) is 26.0. The van der Waals surface area contributed by atoms with Crippen molar-refractivity contribution in [1.82, 2.24) is 14.5 Å². The molecular formula is C30H28FN8O5S2+. The number of carbonyl (C=O) groups excluding carboxylic acids is 2. The van der Waals surface area contributed by atoms with Gasteiger partial charge in [-0.15, -0.1) is 23.1 Å². The van der Waals surface area contributed by atoms with Gasteiger partial charge in [0.05, 0.1) is 17.8 Å². The van der Waals surface area contributed by atoms with Gasteiger partial charge in [0.15, 0.2) is 35.6 Å². The predicted octanol–water partition coefficient (Wildman–Crippen LogP) is 2.32. The highest BCUT2D eigenvalue weighted by Gasteiger charge is 2.54. The first-order chi connectivity index (χ1) is 22.0. The maximum atomic E-state index is 14.8. The van der Waals surface area contributed by atoms with Crippen LogP contribution in [0.5, 0.6) is 0 Å². The van der Waals surface area contributed by atoms with Crippen LogP contribution in [0.25, 0.3) is 10.9 Å². The molecule has 6 N–H and O–H groups in total. The number of nitrogens with one attached hydrogen (secondary N) is 1. The molecule has 5 heterocycles. The second-order valence-electron chi connectivity index (χ2n) is 10.7. The number of aromatic nitrogens is 3. The van der Waals surface area contributed by atoms with Crippen molar-refractivity contribution in [3.8, 4) is 0 Å². The highest BCUT2D eigenvalue weighted by atomic mass is 32.2. The van der Waals surface area contributed by atoms with E-state index in [1.54, 1.807) is 17.5 Å². The molecule has 1 saturated heterocycles. The van der Waals surface area contributed by atoms with Crippen LogP contribution >= 0.6 is 23.1 Å². The van der Waals surface area contributed by atoms with Gasteiger partial charge in [0, 0.05) is 51.9 Å². The summed E-state index contributed by atoms with van der Waals surface area (Å²) in [4.78, 5) is 49.1. The Hall–Kier alpha value is -5.09. The van der Waals surface area contributed by atoms with Crippen LogP contribution in [-0.4, -0.2) is 67.0 Å². The van der Waals surface area contributed by atoms with E-state index >= 15 is 0 Å². The van der Waals surface area contributed by atoms with E-state index in [-0.39, 0.29) is 47.6 Å². The number of aliphatic carboxylic acids is 1. The number of fused-ring (bicyclic) bond motifs is 2. The number of amidine groups is 1. The molecule has 2 aliphatic rings. The lowest BCUT2D eigenvalue weighted by atomic mass is 9.89. The Morgan fingerprint density at radius 3 is 2.78 bits per heavy atom. The fourth-order valence-electron chi connectivity index (χ4n) is 5.61. The first kappa shape index (κ1) is 30.9. The molecule has 1 fully saturated rings. The summed E-state index contributed by atoms with van der Waals surface area (Å²) in [7, 11) is 1.30. The molecule has 0 radical (unpaired) electrons. The van der Waals surface area contributed by atoms with Gasteiger partial charge in [0.1, 0.15) is 35.7 Å². The van der Waals surface area contributed by atoms with Gasteiger partial charge in [-0.3, -0.25) is 19.9 Å². The lowest BCUT2D eigenvalue weighted by Crippen LogP contribution is -2.62. The maximum absolute atomic E-state index is 14.8. The molecule has 236 valence electrons. The molecule has 0 bridgehead atoms. The van der Waals surface area contributed by atoms with E-state index in [9.17, 15) is 23.9 Å². The van der Waals surface area contributed by atoms with E-state index in [2.05, 4.69) is 10.1 Å². The summed E-state index contributed by atoms with van der Waals surface area (Å²) in [5.41, 5.74) is 13.3. The first-order valence-corrected chi connectivity index (χ1v) is 15.8. The van der Waals surface area contributed by atoms with Crippen molar-refractivity contribution in [2.24, 2.45) is 16.8 Å². The quantitative estimate of drug-likeness (QED) is 0.0613. The fraction of sp³-hybridized carbons (Fsp3) is 0.233. The summed E-state index contributed by atoms with van der Waals surface area (Å²) in [6.45, 7) is 0.431. The number of Topliss-reactive ketones (excluding diaryl/α,β-unsaturated/α-hetero) is 1. The molecule has 0 aliphatic carbocycles. The number of ketones is 1. The number of carboxylic acid groups (broad SMARTS) is 1. The van der Waals surface area contributed by atoms with Gasteiger partial charge in [-0.25, -0.2) is 14.2 Å². The van der Waals surface area contributed by atoms with Gasteiger partial charge in [-0.05, 0) is 12.1 Å². The lowest BCUT2D eigenvalue weighted by molar-refractivity contribution is -0.687. The van der Waals surface area contributed by atoms with Crippen LogP contribution in [0, 0.1) is 17.1 Å². The monoisotopic (exact) mass is 663 g/mol. The van der Waals surface area contributed by atoms with Crippen LogP contribution in [0.1, 0.15) is 23.2 Å². The summed E-state index contributed by atoms with van der Waals surface area (Å²) in [6, 6.07) is 8.21. The number of hydrogen-bond acceptors (Lipinski definition) is 10. The topological polar surface area (TPSA) is 194 Å². The highest BCUT2D eigenvalue weighted by molar-refractivity contribution is 8.00. The van der Waals surface area contributed by atoms with Crippen molar-refractivity contribution in [2.75, 3.05) is 18.6 Å². The number of nitrogen functional groups attached to an aromatic ring is 2. The van der Waals surface area contributed by atoms with Crippen molar-refractivity contribution in [1.29, 1.82) is 5.41 Å². The molecule has 6 rings (SSSR count). The molecule has 46 heavy (non-hydrogen) atoms. The number of thiazole rings is 1. The predicted molar refractivity (Wildman–Crippen MR) is 170 cm³/mol. The maximum Gasteiger partial charge on any atom is 0.352 e. The minimum Gasteiger partial charge on any atom is -0.477 e. The lowest BCUT2D eigenvalue weighted by Gasteiger charge is -2.49. The largest absolute Gasteiger partial charge is 0.477 e. The summed E-state index contributed by atoms with van der Waals surface area (Å²) >= 11 is 2.54. The van der Waals surface area contributed by atoms with Gasteiger partial charge < -0.3 is 26.0 Å². The number of nitrogens with two attached hydrogens (primary N) is 2. The summed E-state index contributed by atoms with van der Waals surface area (Å²) in [6.07, 6.45) is 5.32. The van der Waals surface area contributed by atoms with Crippen molar-refractivity contribution >= 4 is 68.3 Å². The Balaban J connectivity index is 1.21. The van der Waals surface area contributed by atoms with Crippen molar-refractivity contribution in [3.05, 3.63) is 88.2 Å². The second kappa shape index (κ2) is 12.4. The average molecular weight is 664 g/mol. The standard InChI is InChI=1S/C30H27FN8O5S2/c1-44-36-24(21-14-46-30(34)35-21)23(40)9-19-27(41)39-25(29(42)43)18(13-45-28(19)39)10-37-6-4-15-5-7-38(22(15)12-37)11-17-3-2-16(26(32)33)8-20(17)31/h2-8,12,14,19,28H,9-11,13H2,1H3,(H5-,32,33,34,35,42,43)/p+1/b36-24-/t19-,28-/m1/s1. The van der Waals surface area contributed by atoms with E-state index in [0.717, 1.165) is 22.2 Å². The van der Waals surface area contributed by atoms with E-state index in [1.165, 1.54) is 29.8 Å². The molecule has 0 unspecified atom stereocenters. The van der Waals surface area contributed by atoms with Crippen molar-refractivity contribution in [3.63, 3.8) is 0 Å². The Labute approximate surface area is 269 Å². The van der Waals surface area contributed by atoms with Crippen LogP contribution in [0.3, 0.4) is 0 Å². The van der Waals surface area contributed by atoms with E-state index in [0.29, 0.717) is 22.5 Å². The van der Waals surface area contributed by atoms with Crippen molar-refractivity contribution < 1.29 is 33.3 Å². The number of carboxylic acids is 1. The third kappa shape index (κ3) is 5.72. The zero-order valence-electron chi connectivity index (χ0n) is 24.3. The van der Waals surface area contributed by atoms with Gasteiger partial charge >= 0.3 is 5.97 Å². The van der Waals surface area contributed by atoms with Crippen LogP contribution in [0.4, 0.5) is 9.52 Å². The highest BCUT2D eigenvalue weighted by Crippen LogP contribution is 2.45. The number of oxime groups is 1. The number of rotatable bonds is 11. The van der Waals surface area contributed by atoms with Crippen molar-refractivity contribution in [2.45, 2.75) is 24.9 Å². The Morgan fingerprint density at radius 1 is 1.30 bits per heavy atom. The molecule has 2 aliphatic heterocycles. The van der Waals surface area contributed by atoms with Crippen LogP contribution < -0.4 is 16.0 Å². The number of halogens is 1. The van der Waals surface area contributed by atoms with Gasteiger partial charge in [-0.2, -0.15) is 4.57 Å². The van der Waals surface area contributed by atoms with Gasteiger partial charge in [0.2, 0.25) is 5.91 Å². The number of pyridine rings is 1. The number of hydrogen-bond donors (Lipinski definition) is 4. The molecule has 2 atom stereocenters. The number of anilines is 1. The number of benzene rings is 1. The Morgan fingerprint density at radius 2 is 2.11 bits per heavy atom. The molecule has 4 aromatic rings. The SMILES string of the molecule is CO/N=C(\C(=O)C[C@@H]1C(=O)N2C(C(=O)O)=C(C[n+]3ccc4ccn(Cc5ccc(C(=N)N)cc5F)c4c3)CS[C@H]12)c1csc(N)n1. The molecule has 13 nitrogen and oxygen atoms in total. The zero-order chi connectivity index (χ0) is 32.7. The number of carbonyl (C=O) groups is 3. The Kier molecular flexibility index (Phi) is 8.31. The number of β-lactam (4-membered cyclic amide) rings is 1. The van der Waals surface area contributed by atoms with Gasteiger partial charge in [0.25, 0.3) is 0 Å². The second-order valence-corrected chi connectivity index (χ2v) is 12.7. The van der Waals surface area contributed by atoms with Crippen LogP contribution in [-0.2, 0) is 32.3 Å². The first-order valence-electron chi connectivity index (χ1n) is 13.9. The molecule has 1 amide bonds. The molecule has 16 heteroatoms.